The third-order valence-electron chi connectivity index (χ3n) is 4.94. The van der Waals surface area contributed by atoms with Gasteiger partial charge in [0.1, 0.15) is 17.9 Å². The molecule has 33 heavy (non-hydrogen) atoms. The van der Waals surface area contributed by atoms with Crippen LogP contribution in [0, 0.1) is 6.92 Å². The summed E-state index contributed by atoms with van der Waals surface area (Å²) in [6.45, 7) is 7.44. The van der Waals surface area contributed by atoms with Crippen LogP contribution >= 0.6 is 0 Å². The molecule has 2 aromatic carbocycles. The zero-order valence-electron chi connectivity index (χ0n) is 19.0. The Morgan fingerprint density at radius 3 is 2.52 bits per heavy atom. The number of aromatic nitrogens is 1. The molecular weight excluding hydrogens is 420 g/mol. The Kier molecular flexibility index (Phi) is 5.96. The first kappa shape index (κ1) is 22.2. The van der Waals surface area contributed by atoms with Gasteiger partial charge in [0.2, 0.25) is 0 Å². The summed E-state index contributed by atoms with van der Waals surface area (Å²) in [5.41, 5.74) is 3.73. The number of carbonyl (C=O) groups excluding carboxylic acids is 2. The first-order valence-electron chi connectivity index (χ1n) is 10.6. The zero-order chi connectivity index (χ0) is 23.6. The molecule has 0 radical (unpaired) electrons. The minimum atomic E-state index is -0.647. The number of nitrogens with one attached hydrogen (secondary N) is 1. The van der Waals surface area contributed by atoms with Crippen LogP contribution in [0.1, 0.15) is 42.4 Å². The fourth-order valence-electron chi connectivity index (χ4n) is 3.58. The van der Waals surface area contributed by atoms with Crippen LogP contribution in [0.2, 0.25) is 0 Å². The maximum atomic E-state index is 13.1. The van der Waals surface area contributed by atoms with Gasteiger partial charge in [0.15, 0.2) is 5.58 Å². The van der Waals surface area contributed by atoms with E-state index < -0.39 is 17.7 Å². The van der Waals surface area contributed by atoms with Crippen LogP contribution in [0.4, 0.5) is 10.5 Å². The molecule has 0 saturated heterocycles. The molecule has 0 spiro atoms. The number of esters is 1. The van der Waals surface area contributed by atoms with Gasteiger partial charge in [-0.3, -0.25) is 9.88 Å². The van der Waals surface area contributed by atoms with Gasteiger partial charge in [-0.05, 0) is 44.9 Å². The van der Waals surface area contributed by atoms with E-state index in [9.17, 15) is 9.59 Å². The predicted octanol–water partition coefficient (Wildman–Crippen LogP) is 6.24. The van der Waals surface area contributed by atoms with Gasteiger partial charge in [0.25, 0.3) is 0 Å². The van der Waals surface area contributed by atoms with E-state index in [1.165, 1.54) is 0 Å². The number of nitrogens with zero attached hydrogens (tertiary/aromatic N) is 1. The van der Waals surface area contributed by atoms with Crippen LogP contribution in [0.25, 0.3) is 16.8 Å². The van der Waals surface area contributed by atoms with Gasteiger partial charge in [-0.2, -0.15) is 0 Å². The number of furan rings is 1. The molecule has 0 bridgehead atoms. The van der Waals surface area contributed by atoms with E-state index in [-0.39, 0.29) is 6.61 Å². The number of para-hydroxylation sites is 1. The summed E-state index contributed by atoms with van der Waals surface area (Å²) in [6.07, 6.45) is 0.970. The fraction of sp³-hybridized carbons (Fsp3) is 0.231. The van der Waals surface area contributed by atoms with Gasteiger partial charge in [0.05, 0.1) is 23.2 Å². The lowest BCUT2D eigenvalue weighted by atomic mass is 10.1. The van der Waals surface area contributed by atoms with Crippen molar-refractivity contribution in [2.75, 3.05) is 5.32 Å². The Hall–Kier alpha value is -4.00. The highest BCUT2D eigenvalue weighted by atomic mass is 16.6. The third-order valence-corrected chi connectivity index (χ3v) is 4.94. The van der Waals surface area contributed by atoms with Crippen molar-refractivity contribution in [3.63, 3.8) is 0 Å². The van der Waals surface area contributed by atoms with Crippen molar-refractivity contribution in [3.8, 4) is 5.69 Å². The van der Waals surface area contributed by atoms with Crippen LogP contribution in [-0.4, -0.2) is 22.2 Å². The minimum absolute atomic E-state index is 0.142. The molecule has 0 aliphatic carbocycles. The molecule has 0 fully saturated rings. The molecule has 0 saturated carbocycles. The first-order chi connectivity index (χ1) is 15.7. The number of carbonyl (C=O) groups is 2. The summed E-state index contributed by atoms with van der Waals surface area (Å²) in [5.74, 6) is -0.503. The molecule has 0 aliphatic rings. The van der Waals surface area contributed by atoms with Crippen LogP contribution in [0.5, 0.6) is 0 Å². The molecule has 7 nitrogen and oxygen atoms in total. The maximum Gasteiger partial charge on any atom is 0.412 e. The number of hydrogen-bond acceptors (Lipinski definition) is 5. The molecule has 1 N–H and O–H groups in total. The summed E-state index contributed by atoms with van der Waals surface area (Å²) >= 11 is 0. The molecule has 7 heteroatoms. The topological polar surface area (TPSA) is 82.7 Å². The highest BCUT2D eigenvalue weighted by molar-refractivity contribution is 5.97. The Morgan fingerprint density at radius 1 is 1.03 bits per heavy atom. The smallest absolute Gasteiger partial charge is 0.412 e. The predicted molar refractivity (Wildman–Crippen MR) is 126 cm³/mol. The van der Waals surface area contributed by atoms with E-state index in [1.54, 1.807) is 49.8 Å². The number of amides is 1. The number of benzene rings is 2. The lowest BCUT2D eigenvalue weighted by Gasteiger charge is -2.22. The summed E-state index contributed by atoms with van der Waals surface area (Å²) in [4.78, 5) is 25.6. The average Bonchev–Trinajstić information content (AvgIpc) is 3.33. The SMILES string of the molecule is Cc1cccc(NC(=O)OC(C)(C)C)c1-n1c(C(=O)OCc2ccccc2)cc2occc21. The highest BCUT2D eigenvalue weighted by Crippen LogP contribution is 2.32. The normalized spacial score (nSPS) is 11.4. The fourth-order valence-corrected chi connectivity index (χ4v) is 3.58. The summed E-state index contributed by atoms with van der Waals surface area (Å²) in [5, 5.41) is 2.81. The Labute approximate surface area is 191 Å². The Balaban J connectivity index is 1.73. The Morgan fingerprint density at radius 2 is 1.79 bits per heavy atom. The second-order valence-corrected chi connectivity index (χ2v) is 8.69. The third kappa shape index (κ3) is 4.92. The van der Waals surface area contributed by atoms with E-state index in [0.717, 1.165) is 11.1 Å². The molecule has 1 amide bonds. The lowest BCUT2D eigenvalue weighted by Crippen LogP contribution is -2.27. The van der Waals surface area contributed by atoms with Crippen LogP contribution in [0.3, 0.4) is 0 Å². The minimum Gasteiger partial charge on any atom is -0.463 e. The standard InChI is InChI=1S/C26H26N2O5/c1-17-9-8-12-19(27-25(30)33-26(2,3)4)23(17)28-20-13-14-31-22(20)15-21(28)24(29)32-16-18-10-6-5-7-11-18/h5-15H,16H2,1-4H3,(H,27,30). The molecule has 2 heterocycles. The molecule has 0 aliphatic heterocycles. The van der Waals surface area contributed by atoms with Crippen LogP contribution in [-0.2, 0) is 16.1 Å². The van der Waals surface area contributed by atoms with E-state index in [0.29, 0.717) is 28.2 Å². The number of fused-ring (bicyclic) bond motifs is 1. The van der Waals surface area contributed by atoms with Crippen molar-refractivity contribution in [2.45, 2.75) is 39.9 Å². The van der Waals surface area contributed by atoms with E-state index >= 15 is 0 Å². The number of ether oxygens (including phenoxy) is 2. The molecule has 0 unspecified atom stereocenters. The maximum absolute atomic E-state index is 13.1. The van der Waals surface area contributed by atoms with Gasteiger partial charge in [-0.15, -0.1) is 0 Å². The highest BCUT2D eigenvalue weighted by Gasteiger charge is 2.24. The van der Waals surface area contributed by atoms with Crippen molar-refractivity contribution < 1.29 is 23.5 Å². The first-order valence-corrected chi connectivity index (χ1v) is 10.6. The number of rotatable bonds is 5. The molecule has 0 atom stereocenters. The number of anilines is 1. The van der Waals surface area contributed by atoms with E-state index in [4.69, 9.17) is 13.9 Å². The van der Waals surface area contributed by atoms with Crippen molar-refractivity contribution in [2.24, 2.45) is 0 Å². The van der Waals surface area contributed by atoms with Crippen molar-refractivity contribution >= 4 is 28.8 Å². The van der Waals surface area contributed by atoms with Gasteiger partial charge in [-0.1, -0.05) is 42.5 Å². The monoisotopic (exact) mass is 446 g/mol. The summed E-state index contributed by atoms with van der Waals surface area (Å²) in [7, 11) is 0. The number of aryl methyl sites for hydroxylation is 1. The lowest BCUT2D eigenvalue weighted by molar-refractivity contribution is 0.0463. The van der Waals surface area contributed by atoms with Crippen molar-refractivity contribution in [1.82, 2.24) is 4.57 Å². The Bertz CT molecular complexity index is 1300. The van der Waals surface area contributed by atoms with Gasteiger partial charge < -0.3 is 13.9 Å². The average molecular weight is 447 g/mol. The molecule has 2 aromatic heterocycles. The van der Waals surface area contributed by atoms with Crippen LogP contribution < -0.4 is 5.32 Å². The molecule has 4 rings (SSSR count). The van der Waals surface area contributed by atoms with E-state index in [2.05, 4.69) is 5.32 Å². The van der Waals surface area contributed by atoms with Crippen molar-refractivity contribution in [1.29, 1.82) is 0 Å². The second kappa shape index (κ2) is 8.86. The molecular formula is C26H26N2O5. The zero-order valence-corrected chi connectivity index (χ0v) is 19.0. The molecule has 170 valence electrons. The van der Waals surface area contributed by atoms with Gasteiger partial charge in [0, 0.05) is 12.1 Å². The summed E-state index contributed by atoms with van der Waals surface area (Å²) in [6, 6.07) is 18.4. The quantitative estimate of drug-likeness (QED) is 0.367. The number of hydrogen-bond donors (Lipinski definition) is 1. The molecule has 4 aromatic rings. The van der Waals surface area contributed by atoms with E-state index in [1.807, 2.05) is 49.4 Å². The largest absolute Gasteiger partial charge is 0.463 e. The van der Waals surface area contributed by atoms with Crippen LogP contribution in [0.15, 0.2) is 71.3 Å². The summed E-state index contributed by atoms with van der Waals surface area (Å²) < 4.78 is 18.3. The second-order valence-electron chi connectivity index (χ2n) is 8.69. The van der Waals surface area contributed by atoms with Crippen molar-refractivity contribution in [3.05, 3.63) is 83.7 Å². The van der Waals surface area contributed by atoms with Gasteiger partial charge in [-0.25, -0.2) is 9.59 Å². The van der Waals surface area contributed by atoms with Gasteiger partial charge >= 0.3 is 12.1 Å².